The number of hydrogen-bond donors (Lipinski definition) is 1. The third kappa shape index (κ3) is 2.96. The van der Waals surface area contributed by atoms with Crippen molar-refractivity contribution in [2.75, 3.05) is 39.5 Å². The second-order valence-corrected chi connectivity index (χ2v) is 8.17. The summed E-state index contributed by atoms with van der Waals surface area (Å²) in [6.07, 6.45) is 0. The van der Waals surface area contributed by atoms with E-state index in [0.29, 0.717) is 18.7 Å². The first-order chi connectivity index (χ1) is 12.8. The van der Waals surface area contributed by atoms with Crippen LogP contribution in [0, 0.1) is 0 Å². The molecule has 9 heteroatoms. The smallest absolute Gasteiger partial charge is 0.254 e. The maximum atomic E-state index is 13.3. The normalized spacial score (nSPS) is 23.8. The van der Waals surface area contributed by atoms with Crippen LogP contribution < -0.4 is 5.32 Å². The highest BCUT2D eigenvalue weighted by molar-refractivity contribution is 8.04. The fourth-order valence-corrected chi connectivity index (χ4v) is 5.10. The minimum atomic E-state index is -1.46. The lowest BCUT2D eigenvalue weighted by Crippen LogP contribution is -2.69. The second-order valence-electron chi connectivity index (χ2n) is 7.18. The molecule has 1 fully saturated rings. The van der Waals surface area contributed by atoms with Crippen LogP contribution >= 0.6 is 24.2 Å². The molecule has 2 heterocycles. The minimum absolute atomic E-state index is 0. The number of nitrogens with zero attached hydrogens (tertiary/aromatic N) is 2. The molecule has 1 atom stereocenters. The summed E-state index contributed by atoms with van der Waals surface area (Å²) in [6.45, 7) is 0.942. The predicted octanol–water partition coefficient (Wildman–Crippen LogP) is 0.747. The number of fused-ring (bicyclic) bond motifs is 2. The van der Waals surface area contributed by atoms with Gasteiger partial charge in [-0.15, -0.1) is 24.2 Å². The highest BCUT2D eigenvalue weighted by Crippen LogP contribution is 2.46. The third-order valence-electron chi connectivity index (χ3n) is 5.09. The zero-order valence-electron chi connectivity index (χ0n) is 15.5. The van der Waals surface area contributed by atoms with Crippen LogP contribution in [0.1, 0.15) is 20.7 Å². The number of carbonyl (C=O) groups is 4. The number of likely N-dealkylation sites (N-methyl/N-ethyl adjacent to an activating group) is 1. The van der Waals surface area contributed by atoms with E-state index < -0.39 is 5.54 Å². The Kier molecular flexibility index (Phi) is 5.40. The molecule has 1 aliphatic carbocycles. The summed E-state index contributed by atoms with van der Waals surface area (Å²) in [4.78, 5) is 55.4. The number of Topliss-reactive ketones (excluding diaryl/α,β-unsaturated/α-hetero) is 2. The van der Waals surface area contributed by atoms with Crippen molar-refractivity contribution in [3.63, 3.8) is 0 Å². The quantitative estimate of drug-likeness (QED) is 0.775. The highest BCUT2D eigenvalue weighted by Gasteiger charge is 2.58. The third-order valence-corrected chi connectivity index (χ3v) is 6.35. The van der Waals surface area contributed by atoms with Gasteiger partial charge in [0.25, 0.3) is 5.91 Å². The molecule has 148 valence electrons. The SMILES string of the molecule is CN(C)CCN1CC(=O)NC2(CSC3=C2C(=O)c2ccccc2C3=O)C1=O.Cl. The predicted molar refractivity (Wildman–Crippen MR) is 108 cm³/mol. The number of benzene rings is 1. The summed E-state index contributed by atoms with van der Waals surface area (Å²) in [6, 6.07) is 6.61. The number of allylic oxidation sites excluding steroid dienone is 1. The Bertz CT molecular complexity index is 930. The largest absolute Gasteiger partial charge is 0.336 e. The monoisotopic (exact) mass is 421 g/mol. The summed E-state index contributed by atoms with van der Waals surface area (Å²) in [7, 11) is 3.77. The fourth-order valence-electron chi connectivity index (χ4n) is 3.75. The zero-order valence-corrected chi connectivity index (χ0v) is 17.1. The standard InChI is InChI=1S/C19H19N3O4S.ClH/c1-21(2)7-8-22-9-13(23)20-19(18(22)26)10-27-17-14(19)15(24)11-5-3-4-6-12(11)16(17)25;/h3-6H,7-10H2,1-2H3,(H,20,23);1H. The fraction of sp³-hybridized carbons (Fsp3) is 0.368. The molecule has 1 N–H and O–H groups in total. The molecule has 7 nitrogen and oxygen atoms in total. The van der Waals surface area contributed by atoms with Crippen molar-refractivity contribution >= 4 is 47.5 Å². The average Bonchev–Trinajstić information content (AvgIpc) is 3.01. The van der Waals surface area contributed by atoms with Crippen molar-refractivity contribution in [2.45, 2.75) is 5.54 Å². The van der Waals surface area contributed by atoms with Crippen molar-refractivity contribution in [2.24, 2.45) is 0 Å². The van der Waals surface area contributed by atoms with Crippen LogP contribution in [0.25, 0.3) is 0 Å². The molecular weight excluding hydrogens is 402 g/mol. The van der Waals surface area contributed by atoms with Gasteiger partial charge in [0.1, 0.15) is 0 Å². The number of thioether (sulfide) groups is 1. The molecule has 2 aliphatic heterocycles. The molecule has 3 aliphatic rings. The van der Waals surface area contributed by atoms with Gasteiger partial charge in [-0.25, -0.2) is 0 Å². The number of nitrogens with one attached hydrogen (secondary N) is 1. The molecule has 1 spiro atoms. The van der Waals surface area contributed by atoms with Gasteiger partial charge in [-0.3, -0.25) is 19.2 Å². The number of hydrogen-bond acceptors (Lipinski definition) is 6. The van der Waals surface area contributed by atoms with Gasteiger partial charge >= 0.3 is 0 Å². The van der Waals surface area contributed by atoms with E-state index in [1.807, 2.05) is 19.0 Å². The van der Waals surface area contributed by atoms with Crippen LogP contribution in [0.2, 0.25) is 0 Å². The maximum absolute atomic E-state index is 13.3. The van der Waals surface area contributed by atoms with Crippen LogP contribution in [0.4, 0.5) is 0 Å². The molecule has 1 saturated heterocycles. The molecular formula is C19H20ClN3O4S. The zero-order chi connectivity index (χ0) is 19.3. The summed E-state index contributed by atoms with van der Waals surface area (Å²) in [5.41, 5.74) is -0.688. The van der Waals surface area contributed by atoms with Crippen LogP contribution in [0.3, 0.4) is 0 Å². The summed E-state index contributed by atoms with van der Waals surface area (Å²) >= 11 is 1.18. The molecule has 1 aromatic carbocycles. The summed E-state index contributed by atoms with van der Waals surface area (Å²) < 4.78 is 0. The number of ketones is 2. The number of halogens is 1. The molecule has 2 amide bonds. The van der Waals surface area contributed by atoms with Gasteiger partial charge < -0.3 is 15.1 Å². The number of rotatable bonds is 3. The Morgan fingerprint density at radius 2 is 1.75 bits per heavy atom. The van der Waals surface area contributed by atoms with E-state index in [1.54, 1.807) is 24.3 Å². The Hall–Kier alpha value is -2.16. The molecule has 0 bridgehead atoms. The molecule has 4 rings (SSSR count). The summed E-state index contributed by atoms with van der Waals surface area (Å²) in [5, 5.41) is 2.74. The molecule has 0 radical (unpaired) electrons. The van der Waals surface area contributed by atoms with E-state index in [-0.39, 0.29) is 64.1 Å². The first-order valence-electron chi connectivity index (χ1n) is 8.66. The van der Waals surface area contributed by atoms with Gasteiger partial charge in [0.2, 0.25) is 11.7 Å². The van der Waals surface area contributed by atoms with Crippen LogP contribution in [0.5, 0.6) is 0 Å². The lowest BCUT2D eigenvalue weighted by Gasteiger charge is -2.41. The number of amides is 2. The van der Waals surface area contributed by atoms with E-state index in [4.69, 9.17) is 0 Å². The van der Waals surface area contributed by atoms with Crippen molar-refractivity contribution in [1.29, 1.82) is 0 Å². The van der Waals surface area contributed by atoms with Crippen molar-refractivity contribution in [3.8, 4) is 0 Å². The first-order valence-corrected chi connectivity index (χ1v) is 9.65. The second kappa shape index (κ2) is 7.35. The van der Waals surface area contributed by atoms with Crippen LogP contribution in [-0.4, -0.2) is 78.2 Å². The summed E-state index contributed by atoms with van der Waals surface area (Å²) in [5.74, 6) is -1.08. The highest BCUT2D eigenvalue weighted by atomic mass is 35.5. The molecule has 1 unspecified atom stereocenters. The molecule has 1 aromatic rings. The average molecular weight is 422 g/mol. The van der Waals surface area contributed by atoms with Crippen molar-refractivity contribution in [3.05, 3.63) is 45.9 Å². The maximum Gasteiger partial charge on any atom is 0.254 e. The Balaban J connectivity index is 0.00000225. The molecule has 28 heavy (non-hydrogen) atoms. The van der Waals surface area contributed by atoms with Gasteiger partial charge in [-0.1, -0.05) is 24.3 Å². The van der Waals surface area contributed by atoms with E-state index in [1.165, 1.54) is 16.7 Å². The topological polar surface area (TPSA) is 86.8 Å². The van der Waals surface area contributed by atoms with Gasteiger partial charge in [0, 0.05) is 30.0 Å². The Morgan fingerprint density at radius 3 is 2.39 bits per heavy atom. The van der Waals surface area contributed by atoms with E-state index in [2.05, 4.69) is 5.32 Å². The minimum Gasteiger partial charge on any atom is -0.336 e. The van der Waals surface area contributed by atoms with Crippen LogP contribution in [-0.2, 0) is 9.59 Å². The van der Waals surface area contributed by atoms with Gasteiger partial charge in [-0.2, -0.15) is 0 Å². The first kappa shape index (κ1) is 20.6. The van der Waals surface area contributed by atoms with Gasteiger partial charge in [0.15, 0.2) is 11.3 Å². The van der Waals surface area contributed by atoms with E-state index >= 15 is 0 Å². The lowest BCUT2D eigenvalue weighted by atomic mass is 9.78. The van der Waals surface area contributed by atoms with Crippen molar-refractivity contribution < 1.29 is 19.2 Å². The van der Waals surface area contributed by atoms with Gasteiger partial charge in [0.05, 0.1) is 17.0 Å². The number of carbonyl (C=O) groups excluding carboxylic acids is 4. The van der Waals surface area contributed by atoms with E-state index in [9.17, 15) is 19.2 Å². The molecule has 0 aromatic heterocycles. The number of piperazine rings is 1. The van der Waals surface area contributed by atoms with Gasteiger partial charge in [-0.05, 0) is 14.1 Å². The van der Waals surface area contributed by atoms with E-state index in [0.717, 1.165) is 0 Å². The van der Waals surface area contributed by atoms with Crippen molar-refractivity contribution in [1.82, 2.24) is 15.1 Å². The Labute approximate surface area is 172 Å². The lowest BCUT2D eigenvalue weighted by molar-refractivity contribution is -0.147. The van der Waals surface area contributed by atoms with Crippen LogP contribution in [0.15, 0.2) is 34.7 Å². The Morgan fingerprint density at radius 1 is 1.11 bits per heavy atom. The molecule has 0 saturated carbocycles.